The molecule has 0 bridgehead atoms. The van der Waals surface area contributed by atoms with Gasteiger partial charge in [0.1, 0.15) is 23.7 Å². The Balaban J connectivity index is 1.91. The van der Waals surface area contributed by atoms with Crippen molar-refractivity contribution in [2.75, 3.05) is 12.4 Å². The van der Waals surface area contributed by atoms with E-state index in [4.69, 9.17) is 4.74 Å². The minimum absolute atomic E-state index is 0.000742. The van der Waals surface area contributed by atoms with E-state index in [2.05, 4.69) is 15.3 Å². The van der Waals surface area contributed by atoms with Crippen LogP contribution < -0.4 is 10.1 Å². The maximum absolute atomic E-state index is 13.0. The molecule has 0 fully saturated rings. The maximum Gasteiger partial charge on any atom is 0.137 e. The predicted octanol–water partition coefficient (Wildman–Crippen LogP) is 3.95. The molecular formula is C17H16FN3O. The van der Waals surface area contributed by atoms with Gasteiger partial charge >= 0.3 is 0 Å². The summed E-state index contributed by atoms with van der Waals surface area (Å²) in [7, 11) is 1.62. The summed E-state index contributed by atoms with van der Waals surface area (Å²) >= 11 is 0. The van der Waals surface area contributed by atoms with Gasteiger partial charge in [-0.1, -0.05) is 12.1 Å². The maximum atomic E-state index is 13.0. The van der Waals surface area contributed by atoms with Crippen LogP contribution in [0.3, 0.4) is 0 Å². The fourth-order valence-corrected chi connectivity index (χ4v) is 2.32. The van der Waals surface area contributed by atoms with Gasteiger partial charge in [-0.3, -0.25) is 0 Å². The van der Waals surface area contributed by atoms with Crippen LogP contribution in [0.25, 0.3) is 10.9 Å². The highest BCUT2D eigenvalue weighted by Gasteiger charge is 2.10. The van der Waals surface area contributed by atoms with E-state index in [1.807, 2.05) is 25.1 Å². The molecule has 1 heterocycles. The van der Waals surface area contributed by atoms with Crippen LogP contribution in [0, 0.1) is 5.82 Å². The highest BCUT2D eigenvalue weighted by molar-refractivity contribution is 5.89. The molecule has 1 unspecified atom stereocenters. The lowest BCUT2D eigenvalue weighted by Crippen LogP contribution is -2.08. The van der Waals surface area contributed by atoms with E-state index >= 15 is 0 Å². The summed E-state index contributed by atoms with van der Waals surface area (Å²) in [4.78, 5) is 8.57. The summed E-state index contributed by atoms with van der Waals surface area (Å²) in [6.07, 6.45) is 1.52. The Morgan fingerprint density at radius 3 is 2.59 bits per heavy atom. The van der Waals surface area contributed by atoms with Gasteiger partial charge in [-0.25, -0.2) is 14.4 Å². The molecule has 112 valence electrons. The van der Waals surface area contributed by atoms with Gasteiger partial charge in [-0.2, -0.15) is 0 Å². The Kier molecular flexibility index (Phi) is 3.87. The first-order valence-corrected chi connectivity index (χ1v) is 6.98. The molecule has 0 aliphatic rings. The topological polar surface area (TPSA) is 47.0 Å². The van der Waals surface area contributed by atoms with Crippen molar-refractivity contribution in [1.82, 2.24) is 9.97 Å². The number of methoxy groups -OCH3 is 1. The van der Waals surface area contributed by atoms with Crippen molar-refractivity contribution in [1.29, 1.82) is 0 Å². The predicted molar refractivity (Wildman–Crippen MR) is 84.5 cm³/mol. The molecule has 1 aromatic heterocycles. The van der Waals surface area contributed by atoms with Crippen LogP contribution in [0.5, 0.6) is 5.75 Å². The van der Waals surface area contributed by atoms with Crippen molar-refractivity contribution < 1.29 is 9.13 Å². The molecule has 22 heavy (non-hydrogen) atoms. The molecule has 0 aliphatic carbocycles. The Hall–Kier alpha value is -2.69. The number of nitrogens with zero attached hydrogens (tertiary/aromatic N) is 2. The zero-order valence-corrected chi connectivity index (χ0v) is 12.4. The van der Waals surface area contributed by atoms with Crippen LogP contribution in [0.15, 0.2) is 48.8 Å². The molecule has 3 aromatic rings. The molecule has 0 saturated heterocycles. The molecule has 5 heteroatoms. The van der Waals surface area contributed by atoms with E-state index in [9.17, 15) is 4.39 Å². The number of hydrogen-bond acceptors (Lipinski definition) is 4. The summed E-state index contributed by atoms with van der Waals surface area (Å²) in [5.74, 6) is 1.25. The molecule has 0 aliphatic heterocycles. The minimum atomic E-state index is -0.240. The molecule has 0 radical (unpaired) electrons. The number of nitrogens with one attached hydrogen (secondary N) is 1. The number of halogens is 1. The Bertz CT molecular complexity index is 790. The van der Waals surface area contributed by atoms with Gasteiger partial charge in [0.15, 0.2) is 0 Å². The SMILES string of the molecule is COc1ccc2c(NC(C)c3ccc(F)cc3)ncnc2c1. The highest BCUT2D eigenvalue weighted by Crippen LogP contribution is 2.26. The average Bonchev–Trinajstić information content (AvgIpc) is 2.55. The summed E-state index contributed by atoms with van der Waals surface area (Å²) < 4.78 is 18.2. The first-order chi connectivity index (χ1) is 10.7. The molecule has 4 nitrogen and oxygen atoms in total. The molecule has 0 saturated carbocycles. The fourth-order valence-electron chi connectivity index (χ4n) is 2.32. The molecule has 0 spiro atoms. The first kappa shape index (κ1) is 14.3. The third kappa shape index (κ3) is 2.83. The standard InChI is InChI=1S/C17H16FN3O/c1-11(12-3-5-13(18)6-4-12)21-17-15-8-7-14(22-2)9-16(15)19-10-20-17/h3-11H,1-2H3,(H,19,20,21). The van der Waals surface area contributed by atoms with Gasteiger partial charge in [0.25, 0.3) is 0 Å². The number of aromatic nitrogens is 2. The summed E-state index contributed by atoms with van der Waals surface area (Å²) in [6, 6.07) is 12.1. The Morgan fingerprint density at radius 1 is 1.09 bits per heavy atom. The number of anilines is 1. The van der Waals surface area contributed by atoms with E-state index in [0.717, 1.165) is 28.0 Å². The molecule has 3 rings (SSSR count). The summed E-state index contributed by atoms with van der Waals surface area (Å²) in [6.45, 7) is 2.00. The first-order valence-electron chi connectivity index (χ1n) is 6.98. The average molecular weight is 297 g/mol. The third-order valence-electron chi connectivity index (χ3n) is 3.57. The summed E-state index contributed by atoms with van der Waals surface area (Å²) in [5, 5.41) is 4.26. The van der Waals surface area contributed by atoms with Crippen molar-refractivity contribution in [3.63, 3.8) is 0 Å². The fraction of sp³-hybridized carbons (Fsp3) is 0.176. The van der Waals surface area contributed by atoms with E-state index in [0.29, 0.717) is 0 Å². The zero-order chi connectivity index (χ0) is 15.5. The van der Waals surface area contributed by atoms with E-state index in [-0.39, 0.29) is 11.9 Å². The lowest BCUT2D eigenvalue weighted by Gasteiger charge is -2.16. The summed E-state index contributed by atoms with van der Waals surface area (Å²) in [5.41, 5.74) is 1.80. The van der Waals surface area contributed by atoms with Crippen molar-refractivity contribution in [3.05, 3.63) is 60.2 Å². The van der Waals surface area contributed by atoms with Gasteiger partial charge in [0.05, 0.1) is 12.6 Å². The number of ether oxygens (including phenoxy) is 1. The number of hydrogen-bond donors (Lipinski definition) is 1. The second-order valence-electron chi connectivity index (χ2n) is 5.02. The van der Waals surface area contributed by atoms with E-state index < -0.39 is 0 Å². The number of fused-ring (bicyclic) bond motifs is 1. The zero-order valence-electron chi connectivity index (χ0n) is 12.4. The van der Waals surface area contributed by atoms with Gasteiger partial charge in [0, 0.05) is 17.5 Å². The third-order valence-corrected chi connectivity index (χ3v) is 3.57. The largest absolute Gasteiger partial charge is 0.497 e. The normalized spacial score (nSPS) is 12.1. The highest BCUT2D eigenvalue weighted by atomic mass is 19.1. The molecule has 1 N–H and O–H groups in total. The van der Waals surface area contributed by atoms with Crippen LogP contribution in [0.4, 0.5) is 10.2 Å². The smallest absolute Gasteiger partial charge is 0.137 e. The van der Waals surface area contributed by atoms with Crippen molar-refractivity contribution in [3.8, 4) is 5.75 Å². The van der Waals surface area contributed by atoms with Gasteiger partial charge < -0.3 is 10.1 Å². The number of benzene rings is 2. The van der Waals surface area contributed by atoms with Crippen LogP contribution in [-0.2, 0) is 0 Å². The van der Waals surface area contributed by atoms with Crippen molar-refractivity contribution in [2.24, 2.45) is 0 Å². The number of rotatable bonds is 4. The van der Waals surface area contributed by atoms with Gasteiger partial charge in [-0.05, 0) is 36.8 Å². The molecule has 0 amide bonds. The van der Waals surface area contributed by atoms with E-state index in [1.165, 1.54) is 18.5 Å². The van der Waals surface area contributed by atoms with Crippen LogP contribution in [0.2, 0.25) is 0 Å². The monoisotopic (exact) mass is 297 g/mol. The van der Waals surface area contributed by atoms with Gasteiger partial charge in [0.2, 0.25) is 0 Å². The minimum Gasteiger partial charge on any atom is -0.497 e. The van der Waals surface area contributed by atoms with Crippen molar-refractivity contribution in [2.45, 2.75) is 13.0 Å². The second-order valence-corrected chi connectivity index (χ2v) is 5.02. The van der Waals surface area contributed by atoms with Crippen LogP contribution in [0.1, 0.15) is 18.5 Å². The van der Waals surface area contributed by atoms with Crippen LogP contribution in [-0.4, -0.2) is 17.1 Å². The Labute approximate surface area is 128 Å². The lowest BCUT2D eigenvalue weighted by molar-refractivity contribution is 0.415. The molecule has 1 atom stereocenters. The van der Waals surface area contributed by atoms with Crippen LogP contribution >= 0.6 is 0 Å². The van der Waals surface area contributed by atoms with Crippen molar-refractivity contribution >= 4 is 16.7 Å². The second kappa shape index (κ2) is 5.97. The van der Waals surface area contributed by atoms with E-state index in [1.54, 1.807) is 19.2 Å². The molecule has 2 aromatic carbocycles. The lowest BCUT2D eigenvalue weighted by atomic mass is 10.1. The molecular weight excluding hydrogens is 281 g/mol. The van der Waals surface area contributed by atoms with Gasteiger partial charge in [-0.15, -0.1) is 0 Å². The Morgan fingerprint density at radius 2 is 1.86 bits per heavy atom. The quantitative estimate of drug-likeness (QED) is 0.792.